The van der Waals surface area contributed by atoms with Crippen LogP contribution in [0.25, 0.3) is 0 Å². The zero-order valence-corrected chi connectivity index (χ0v) is 8.68. The number of dihydropyridines is 1. The van der Waals surface area contributed by atoms with E-state index < -0.39 is 9.84 Å². The molecule has 2 N–H and O–H groups in total. The third-order valence-electron chi connectivity index (χ3n) is 2.44. The Labute approximate surface area is 84.0 Å². The van der Waals surface area contributed by atoms with Crippen molar-refractivity contribution in [2.75, 3.05) is 24.6 Å². The highest BCUT2D eigenvalue weighted by Crippen LogP contribution is 2.09. The fourth-order valence-electron chi connectivity index (χ4n) is 1.70. The highest BCUT2D eigenvalue weighted by atomic mass is 32.2. The number of hydrogen-bond donors (Lipinski definition) is 2. The smallest absolute Gasteiger partial charge is 0.153 e. The molecule has 2 heterocycles. The summed E-state index contributed by atoms with van der Waals surface area (Å²) < 4.78 is 22.8. The fourth-order valence-corrected chi connectivity index (χ4v) is 3.10. The predicted molar refractivity (Wildman–Crippen MR) is 55.7 cm³/mol. The Morgan fingerprint density at radius 3 is 2.93 bits per heavy atom. The summed E-state index contributed by atoms with van der Waals surface area (Å²) in [6.07, 6.45) is 5.89. The molecule has 0 aromatic carbocycles. The van der Waals surface area contributed by atoms with Gasteiger partial charge in [-0.05, 0) is 6.08 Å². The SMILES string of the molecule is O=S1(=O)CCNC(C2=CC=CCN2)C1. The van der Waals surface area contributed by atoms with Crippen LogP contribution in [0, 0.1) is 0 Å². The molecule has 5 heteroatoms. The standard InChI is InChI=1S/C9H14N2O2S/c12-14(13)6-5-11-9(7-14)8-3-1-2-4-10-8/h1-3,9-11H,4-7H2. The number of allylic oxidation sites excluding steroid dienone is 2. The second-order valence-corrected chi connectivity index (χ2v) is 5.78. The first-order valence-corrected chi connectivity index (χ1v) is 6.54. The van der Waals surface area contributed by atoms with E-state index >= 15 is 0 Å². The Morgan fingerprint density at radius 2 is 2.29 bits per heavy atom. The second kappa shape index (κ2) is 3.74. The fraction of sp³-hybridized carbons (Fsp3) is 0.556. The molecule has 2 aliphatic heterocycles. The number of sulfone groups is 1. The maximum atomic E-state index is 11.4. The maximum Gasteiger partial charge on any atom is 0.153 e. The van der Waals surface area contributed by atoms with Crippen LogP contribution in [0.15, 0.2) is 23.9 Å². The Bertz CT molecular complexity index is 370. The van der Waals surface area contributed by atoms with Crippen molar-refractivity contribution in [1.82, 2.24) is 10.6 Å². The lowest BCUT2D eigenvalue weighted by molar-refractivity contribution is 0.534. The maximum absolute atomic E-state index is 11.4. The van der Waals surface area contributed by atoms with Gasteiger partial charge in [-0.3, -0.25) is 0 Å². The number of rotatable bonds is 1. The summed E-state index contributed by atoms with van der Waals surface area (Å²) in [5.74, 6) is 0.465. The van der Waals surface area contributed by atoms with E-state index in [0.717, 1.165) is 12.2 Å². The zero-order chi connectivity index (χ0) is 10.0. The average molecular weight is 214 g/mol. The van der Waals surface area contributed by atoms with E-state index in [0.29, 0.717) is 6.54 Å². The van der Waals surface area contributed by atoms with Crippen LogP contribution in [0.1, 0.15) is 0 Å². The van der Waals surface area contributed by atoms with Crippen molar-refractivity contribution < 1.29 is 8.42 Å². The third-order valence-corrected chi connectivity index (χ3v) is 4.10. The van der Waals surface area contributed by atoms with Crippen LogP contribution in [0.5, 0.6) is 0 Å². The van der Waals surface area contributed by atoms with Gasteiger partial charge in [0.1, 0.15) is 0 Å². The van der Waals surface area contributed by atoms with Crippen LogP contribution in [0.2, 0.25) is 0 Å². The van der Waals surface area contributed by atoms with E-state index in [-0.39, 0.29) is 17.5 Å². The van der Waals surface area contributed by atoms with Gasteiger partial charge in [0.2, 0.25) is 0 Å². The van der Waals surface area contributed by atoms with Gasteiger partial charge in [0.15, 0.2) is 9.84 Å². The molecular formula is C9H14N2O2S. The highest BCUT2D eigenvalue weighted by Gasteiger charge is 2.26. The molecule has 0 bridgehead atoms. The normalized spacial score (nSPS) is 30.6. The first-order chi connectivity index (χ1) is 6.67. The Hall–Kier alpha value is -0.810. The minimum Gasteiger partial charge on any atom is -0.384 e. The first-order valence-electron chi connectivity index (χ1n) is 4.72. The predicted octanol–water partition coefficient (Wildman–Crippen LogP) is -0.584. The molecule has 1 fully saturated rings. The van der Waals surface area contributed by atoms with E-state index in [1.165, 1.54) is 0 Å². The van der Waals surface area contributed by atoms with Crippen molar-refractivity contribution in [2.24, 2.45) is 0 Å². The molecule has 78 valence electrons. The van der Waals surface area contributed by atoms with Gasteiger partial charge < -0.3 is 10.6 Å². The molecule has 0 aromatic heterocycles. The summed E-state index contributed by atoms with van der Waals surface area (Å²) in [5, 5.41) is 6.37. The highest BCUT2D eigenvalue weighted by molar-refractivity contribution is 7.91. The molecule has 1 saturated heterocycles. The van der Waals surface area contributed by atoms with Crippen LogP contribution in [0.4, 0.5) is 0 Å². The molecule has 0 aliphatic carbocycles. The molecule has 2 rings (SSSR count). The minimum atomic E-state index is -2.85. The van der Waals surface area contributed by atoms with Crippen molar-refractivity contribution in [1.29, 1.82) is 0 Å². The summed E-state index contributed by atoms with van der Waals surface area (Å²) >= 11 is 0. The molecule has 1 unspecified atom stereocenters. The molecular weight excluding hydrogens is 200 g/mol. The van der Waals surface area contributed by atoms with Gasteiger partial charge in [-0.2, -0.15) is 0 Å². The molecule has 14 heavy (non-hydrogen) atoms. The Morgan fingerprint density at radius 1 is 1.43 bits per heavy atom. The lowest BCUT2D eigenvalue weighted by Crippen LogP contribution is -2.48. The van der Waals surface area contributed by atoms with Gasteiger partial charge in [0, 0.05) is 18.8 Å². The van der Waals surface area contributed by atoms with Crippen molar-refractivity contribution in [3.05, 3.63) is 23.9 Å². The molecule has 0 radical (unpaired) electrons. The largest absolute Gasteiger partial charge is 0.384 e. The molecule has 0 spiro atoms. The molecule has 1 atom stereocenters. The summed E-state index contributed by atoms with van der Waals surface area (Å²) in [6, 6.07) is -0.0568. The Balaban J connectivity index is 2.11. The summed E-state index contributed by atoms with van der Waals surface area (Å²) in [4.78, 5) is 0. The van der Waals surface area contributed by atoms with Crippen LogP contribution in [-0.2, 0) is 9.84 Å². The van der Waals surface area contributed by atoms with E-state index in [9.17, 15) is 8.42 Å². The minimum absolute atomic E-state index is 0.0568. The zero-order valence-electron chi connectivity index (χ0n) is 7.86. The lowest BCUT2D eigenvalue weighted by atomic mass is 10.2. The molecule has 2 aliphatic rings. The van der Waals surface area contributed by atoms with Crippen LogP contribution < -0.4 is 10.6 Å². The molecule has 4 nitrogen and oxygen atoms in total. The second-order valence-electron chi connectivity index (χ2n) is 3.55. The molecule has 0 saturated carbocycles. The van der Waals surface area contributed by atoms with E-state index in [4.69, 9.17) is 0 Å². The summed E-state index contributed by atoms with van der Waals surface area (Å²) in [5.41, 5.74) is 0.982. The third kappa shape index (κ3) is 2.16. The van der Waals surface area contributed by atoms with Crippen LogP contribution in [-0.4, -0.2) is 39.1 Å². The monoisotopic (exact) mass is 214 g/mol. The van der Waals surface area contributed by atoms with Crippen molar-refractivity contribution in [3.8, 4) is 0 Å². The number of nitrogens with one attached hydrogen (secondary N) is 2. The van der Waals surface area contributed by atoms with Crippen molar-refractivity contribution >= 4 is 9.84 Å². The first kappa shape index (κ1) is 9.73. The van der Waals surface area contributed by atoms with Gasteiger partial charge in [0.05, 0.1) is 17.5 Å². The van der Waals surface area contributed by atoms with Gasteiger partial charge in [-0.15, -0.1) is 0 Å². The van der Waals surface area contributed by atoms with Crippen LogP contribution in [0.3, 0.4) is 0 Å². The van der Waals surface area contributed by atoms with Crippen molar-refractivity contribution in [2.45, 2.75) is 6.04 Å². The molecule has 0 amide bonds. The quantitative estimate of drug-likeness (QED) is 0.613. The number of hydrogen-bond acceptors (Lipinski definition) is 4. The van der Waals surface area contributed by atoms with Gasteiger partial charge in [0.25, 0.3) is 0 Å². The Kier molecular flexibility index (Phi) is 2.60. The van der Waals surface area contributed by atoms with Gasteiger partial charge >= 0.3 is 0 Å². The topological polar surface area (TPSA) is 58.2 Å². The molecule has 0 aromatic rings. The van der Waals surface area contributed by atoms with E-state index in [1.54, 1.807) is 0 Å². The van der Waals surface area contributed by atoms with E-state index in [2.05, 4.69) is 10.6 Å². The van der Waals surface area contributed by atoms with Gasteiger partial charge in [-0.1, -0.05) is 12.2 Å². The average Bonchev–Trinajstić information content (AvgIpc) is 2.18. The van der Waals surface area contributed by atoms with Gasteiger partial charge in [-0.25, -0.2) is 8.42 Å². The van der Waals surface area contributed by atoms with Crippen molar-refractivity contribution in [3.63, 3.8) is 0 Å². The van der Waals surface area contributed by atoms with Crippen LogP contribution >= 0.6 is 0 Å². The van der Waals surface area contributed by atoms with E-state index in [1.807, 2.05) is 18.2 Å². The summed E-state index contributed by atoms with van der Waals surface area (Å²) in [6.45, 7) is 1.33. The lowest BCUT2D eigenvalue weighted by Gasteiger charge is -2.27. The summed E-state index contributed by atoms with van der Waals surface area (Å²) in [7, 11) is -2.85.